The molecular formula is C15H16BrNO3. The van der Waals surface area contributed by atoms with Gasteiger partial charge in [0.15, 0.2) is 10.4 Å². The van der Waals surface area contributed by atoms with Crippen molar-refractivity contribution in [2.45, 2.75) is 19.9 Å². The van der Waals surface area contributed by atoms with Gasteiger partial charge in [0, 0.05) is 0 Å². The number of nitrogens with one attached hydrogen (secondary N) is 1. The van der Waals surface area contributed by atoms with Crippen LogP contribution in [0.15, 0.2) is 45.5 Å². The first kappa shape index (κ1) is 14.7. The summed E-state index contributed by atoms with van der Waals surface area (Å²) in [6.07, 6.45) is 0. The molecule has 5 heteroatoms. The van der Waals surface area contributed by atoms with E-state index in [1.54, 1.807) is 12.1 Å². The van der Waals surface area contributed by atoms with Gasteiger partial charge in [-0.15, -0.1) is 0 Å². The summed E-state index contributed by atoms with van der Waals surface area (Å²) in [5, 5.41) is 2.88. The predicted octanol–water partition coefficient (Wildman–Crippen LogP) is 3.93. The van der Waals surface area contributed by atoms with E-state index in [-0.39, 0.29) is 17.7 Å². The Balaban J connectivity index is 2.00. The molecule has 1 unspecified atom stereocenters. The summed E-state index contributed by atoms with van der Waals surface area (Å²) in [6.45, 7) is 4.50. The van der Waals surface area contributed by atoms with Crippen molar-refractivity contribution in [2.75, 3.05) is 6.61 Å². The summed E-state index contributed by atoms with van der Waals surface area (Å²) in [5.41, 5.74) is 1.01. The van der Waals surface area contributed by atoms with Crippen molar-refractivity contribution in [3.05, 3.63) is 52.4 Å². The van der Waals surface area contributed by atoms with Crippen molar-refractivity contribution in [3.8, 4) is 5.75 Å². The zero-order valence-corrected chi connectivity index (χ0v) is 12.9. The molecule has 0 bridgehead atoms. The Hall–Kier alpha value is -1.75. The van der Waals surface area contributed by atoms with E-state index >= 15 is 0 Å². The Kier molecular flexibility index (Phi) is 4.84. The molecule has 2 aromatic rings. The van der Waals surface area contributed by atoms with E-state index in [1.165, 1.54) is 0 Å². The van der Waals surface area contributed by atoms with Gasteiger partial charge in [-0.25, -0.2) is 0 Å². The van der Waals surface area contributed by atoms with Gasteiger partial charge in [0.05, 0.1) is 12.6 Å². The van der Waals surface area contributed by atoms with Gasteiger partial charge in [-0.1, -0.05) is 12.1 Å². The van der Waals surface area contributed by atoms with Crippen LogP contribution in [0.2, 0.25) is 0 Å². The first-order valence-corrected chi connectivity index (χ1v) is 7.18. The molecule has 0 radical (unpaired) electrons. The van der Waals surface area contributed by atoms with E-state index in [0.29, 0.717) is 11.3 Å². The Morgan fingerprint density at radius 2 is 2.00 bits per heavy atom. The summed E-state index contributed by atoms with van der Waals surface area (Å²) in [4.78, 5) is 12.0. The van der Waals surface area contributed by atoms with Gasteiger partial charge >= 0.3 is 0 Å². The highest BCUT2D eigenvalue weighted by atomic mass is 79.9. The third-order valence-corrected chi connectivity index (χ3v) is 3.26. The quantitative estimate of drug-likeness (QED) is 0.899. The second-order valence-electron chi connectivity index (χ2n) is 4.30. The molecule has 1 aromatic heterocycles. The Bertz CT molecular complexity index is 577. The van der Waals surface area contributed by atoms with Gasteiger partial charge in [0.1, 0.15) is 5.75 Å². The molecule has 2 rings (SSSR count). The van der Waals surface area contributed by atoms with Crippen molar-refractivity contribution in [1.82, 2.24) is 5.32 Å². The van der Waals surface area contributed by atoms with Crippen molar-refractivity contribution in [2.24, 2.45) is 0 Å². The molecule has 4 nitrogen and oxygen atoms in total. The molecule has 1 N–H and O–H groups in total. The zero-order valence-electron chi connectivity index (χ0n) is 11.4. The Labute approximate surface area is 126 Å². The van der Waals surface area contributed by atoms with Crippen LogP contribution in [0, 0.1) is 0 Å². The average Bonchev–Trinajstić information content (AvgIpc) is 2.86. The van der Waals surface area contributed by atoms with Crippen LogP contribution in [0.1, 0.15) is 36.0 Å². The highest BCUT2D eigenvalue weighted by molar-refractivity contribution is 9.10. The van der Waals surface area contributed by atoms with Crippen LogP contribution in [0.5, 0.6) is 5.75 Å². The Morgan fingerprint density at radius 3 is 2.55 bits per heavy atom. The predicted molar refractivity (Wildman–Crippen MR) is 79.9 cm³/mol. The van der Waals surface area contributed by atoms with Crippen molar-refractivity contribution >= 4 is 21.8 Å². The molecule has 0 spiro atoms. The highest BCUT2D eigenvalue weighted by Gasteiger charge is 2.14. The third kappa shape index (κ3) is 3.63. The average molecular weight is 338 g/mol. The van der Waals surface area contributed by atoms with Crippen LogP contribution in [0.25, 0.3) is 0 Å². The van der Waals surface area contributed by atoms with E-state index < -0.39 is 0 Å². The molecule has 1 atom stereocenters. The lowest BCUT2D eigenvalue weighted by atomic mass is 10.1. The van der Waals surface area contributed by atoms with E-state index in [1.807, 2.05) is 38.1 Å². The number of rotatable bonds is 5. The van der Waals surface area contributed by atoms with Gasteiger partial charge in [-0.05, 0) is 59.6 Å². The lowest BCUT2D eigenvalue weighted by Crippen LogP contribution is -2.26. The minimum atomic E-state index is -0.239. The number of hydrogen-bond donors (Lipinski definition) is 1. The fourth-order valence-corrected chi connectivity index (χ4v) is 2.11. The van der Waals surface area contributed by atoms with Crippen LogP contribution in [0.3, 0.4) is 0 Å². The minimum absolute atomic E-state index is 0.109. The standard InChI is InChI=1S/C15H16BrNO3/c1-3-19-12-6-4-11(5-7-12)10(2)17-15(18)13-8-9-14(16)20-13/h4-10H,3H2,1-2H3,(H,17,18). The zero-order chi connectivity index (χ0) is 14.5. The molecule has 1 aromatic carbocycles. The van der Waals surface area contributed by atoms with Gasteiger partial charge in [-0.2, -0.15) is 0 Å². The lowest BCUT2D eigenvalue weighted by molar-refractivity contribution is 0.0910. The monoisotopic (exact) mass is 337 g/mol. The van der Waals surface area contributed by atoms with Crippen LogP contribution in [-0.2, 0) is 0 Å². The fourth-order valence-electron chi connectivity index (χ4n) is 1.81. The smallest absolute Gasteiger partial charge is 0.287 e. The number of furan rings is 1. The molecule has 0 aliphatic heterocycles. The number of benzene rings is 1. The number of halogens is 1. The van der Waals surface area contributed by atoms with Crippen LogP contribution < -0.4 is 10.1 Å². The van der Waals surface area contributed by atoms with Gasteiger partial charge in [0.2, 0.25) is 0 Å². The summed E-state index contributed by atoms with van der Waals surface area (Å²) >= 11 is 3.17. The van der Waals surface area contributed by atoms with E-state index in [4.69, 9.17) is 9.15 Å². The van der Waals surface area contributed by atoms with E-state index in [0.717, 1.165) is 11.3 Å². The van der Waals surface area contributed by atoms with Crippen LogP contribution in [0.4, 0.5) is 0 Å². The van der Waals surface area contributed by atoms with Crippen LogP contribution >= 0.6 is 15.9 Å². The van der Waals surface area contributed by atoms with Crippen molar-refractivity contribution < 1.29 is 13.9 Å². The highest BCUT2D eigenvalue weighted by Crippen LogP contribution is 2.19. The number of hydrogen-bond acceptors (Lipinski definition) is 3. The molecule has 0 aliphatic carbocycles. The molecule has 0 aliphatic rings. The normalized spacial score (nSPS) is 11.9. The number of carbonyl (C=O) groups excluding carboxylic acids is 1. The second kappa shape index (κ2) is 6.61. The number of ether oxygens (including phenoxy) is 1. The molecule has 0 fully saturated rings. The maximum absolute atomic E-state index is 12.0. The molecule has 1 amide bonds. The van der Waals surface area contributed by atoms with Gasteiger partial charge in [-0.3, -0.25) is 4.79 Å². The summed E-state index contributed by atoms with van der Waals surface area (Å²) in [5.74, 6) is 0.872. The van der Waals surface area contributed by atoms with Gasteiger partial charge in [0.25, 0.3) is 5.91 Å². The topological polar surface area (TPSA) is 51.5 Å². The molecule has 1 heterocycles. The largest absolute Gasteiger partial charge is 0.494 e. The SMILES string of the molecule is CCOc1ccc(C(C)NC(=O)c2ccc(Br)o2)cc1. The van der Waals surface area contributed by atoms with E-state index in [9.17, 15) is 4.79 Å². The fraction of sp³-hybridized carbons (Fsp3) is 0.267. The molecular weight excluding hydrogens is 322 g/mol. The number of carbonyl (C=O) groups is 1. The molecule has 0 saturated carbocycles. The summed E-state index contributed by atoms with van der Waals surface area (Å²) in [7, 11) is 0. The first-order valence-electron chi connectivity index (χ1n) is 6.39. The van der Waals surface area contributed by atoms with Crippen molar-refractivity contribution in [3.63, 3.8) is 0 Å². The maximum atomic E-state index is 12.0. The number of amides is 1. The summed E-state index contributed by atoms with van der Waals surface area (Å²) in [6, 6.07) is 10.9. The summed E-state index contributed by atoms with van der Waals surface area (Å²) < 4.78 is 11.1. The second-order valence-corrected chi connectivity index (χ2v) is 5.08. The van der Waals surface area contributed by atoms with E-state index in [2.05, 4.69) is 21.2 Å². The van der Waals surface area contributed by atoms with Crippen molar-refractivity contribution in [1.29, 1.82) is 0 Å². The molecule has 106 valence electrons. The maximum Gasteiger partial charge on any atom is 0.287 e. The lowest BCUT2D eigenvalue weighted by Gasteiger charge is -2.14. The van der Waals surface area contributed by atoms with Gasteiger partial charge < -0.3 is 14.5 Å². The molecule has 0 saturated heterocycles. The third-order valence-electron chi connectivity index (χ3n) is 2.84. The minimum Gasteiger partial charge on any atom is -0.494 e. The molecule has 20 heavy (non-hydrogen) atoms. The first-order chi connectivity index (χ1) is 9.60. The van der Waals surface area contributed by atoms with Crippen LogP contribution in [-0.4, -0.2) is 12.5 Å². The Morgan fingerprint density at radius 1 is 1.30 bits per heavy atom.